The summed E-state index contributed by atoms with van der Waals surface area (Å²) in [6.07, 6.45) is 10.5. The first-order valence-electron chi connectivity index (χ1n) is 17.0. The van der Waals surface area contributed by atoms with Gasteiger partial charge in [-0.3, -0.25) is 9.59 Å². The molecule has 0 aliphatic carbocycles. The summed E-state index contributed by atoms with van der Waals surface area (Å²) in [4.78, 5) is 25.0. The number of carbonyl (C=O) groups is 2. The molecule has 0 aromatic heterocycles. The van der Waals surface area contributed by atoms with Crippen LogP contribution in [0.1, 0.15) is 59.1 Å². The lowest BCUT2D eigenvalue weighted by molar-refractivity contribution is -0.435. The first-order chi connectivity index (χ1) is 23.5. The topological polar surface area (TPSA) is 79.1 Å². The van der Waals surface area contributed by atoms with E-state index in [0.29, 0.717) is 19.6 Å². The van der Waals surface area contributed by atoms with Crippen LogP contribution in [-0.4, -0.2) is 53.6 Å². The van der Waals surface area contributed by atoms with E-state index in [2.05, 4.69) is 110 Å². The summed E-state index contributed by atoms with van der Waals surface area (Å²) in [6.45, 7) is 14.6. The van der Waals surface area contributed by atoms with E-state index in [-0.39, 0.29) is 30.0 Å². The van der Waals surface area contributed by atoms with E-state index >= 15 is 0 Å². The summed E-state index contributed by atoms with van der Waals surface area (Å²) < 4.78 is 13.3. The number of benzene rings is 4. The third-order valence-corrected chi connectivity index (χ3v) is 9.75. The Bertz CT molecular complexity index is 2060. The zero-order valence-corrected chi connectivity index (χ0v) is 29.2. The van der Waals surface area contributed by atoms with Crippen LogP contribution in [0, 0.1) is 0 Å². The van der Waals surface area contributed by atoms with Gasteiger partial charge in [0.05, 0.1) is 23.4 Å². The zero-order chi connectivity index (χ0) is 34.9. The lowest BCUT2D eigenvalue weighted by Crippen LogP contribution is -2.29. The van der Waals surface area contributed by atoms with E-state index in [1.165, 1.54) is 16.3 Å². The molecule has 1 N–H and O–H groups in total. The van der Waals surface area contributed by atoms with E-state index in [0.717, 1.165) is 44.9 Å². The molecule has 2 heterocycles. The van der Waals surface area contributed by atoms with Crippen LogP contribution >= 0.6 is 0 Å². The molecule has 0 bridgehead atoms. The van der Waals surface area contributed by atoms with E-state index in [1.807, 2.05) is 38.1 Å². The Morgan fingerprint density at radius 2 is 1.57 bits per heavy atom. The van der Waals surface area contributed by atoms with Gasteiger partial charge in [0.15, 0.2) is 12.3 Å². The predicted octanol–water partition coefficient (Wildman–Crippen LogP) is 8.60. The molecule has 0 amide bonds. The number of ether oxygens (including phenoxy) is 2. The Morgan fingerprint density at radius 1 is 0.898 bits per heavy atom. The number of aliphatic carboxylic acids is 1. The molecular formula is C42H45N2O5+. The van der Waals surface area contributed by atoms with Crippen molar-refractivity contribution in [3.63, 3.8) is 0 Å². The average Bonchev–Trinajstić information content (AvgIpc) is 3.42. The molecule has 7 nitrogen and oxygen atoms in total. The third-order valence-electron chi connectivity index (χ3n) is 9.75. The maximum Gasteiger partial charge on any atom is 0.309 e. The van der Waals surface area contributed by atoms with Crippen LogP contribution < -0.4 is 9.64 Å². The van der Waals surface area contributed by atoms with Gasteiger partial charge in [-0.1, -0.05) is 74.5 Å². The highest BCUT2D eigenvalue weighted by Crippen LogP contribution is 2.50. The van der Waals surface area contributed by atoms with Gasteiger partial charge in [-0.2, -0.15) is 4.58 Å². The van der Waals surface area contributed by atoms with Crippen LogP contribution in [0.25, 0.3) is 21.5 Å². The highest BCUT2D eigenvalue weighted by Gasteiger charge is 2.47. The Kier molecular flexibility index (Phi) is 9.21. The Balaban J connectivity index is 1.39. The number of carbonyl (C=O) groups excluding carboxylic acids is 1. The molecule has 7 heteroatoms. The number of rotatable bonds is 12. The first-order valence-corrected chi connectivity index (χ1v) is 17.0. The lowest BCUT2D eigenvalue weighted by Gasteiger charge is -2.26. The summed E-state index contributed by atoms with van der Waals surface area (Å²) in [5.41, 5.74) is 5.98. The van der Waals surface area contributed by atoms with Gasteiger partial charge < -0.3 is 19.5 Å². The smallest absolute Gasteiger partial charge is 0.309 e. The Labute approximate surface area is 288 Å². The summed E-state index contributed by atoms with van der Waals surface area (Å²) >= 11 is 0. The molecule has 6 rings (SSSR count). The number of nitrogens with zero attached hydrogens (tertiary/aromatic N) is 2. The Hall–Kier alpha value is -5.17. The molecule has 4 aromatic rings. The second kappa shape index (κ2) is 13.4. The van der Waals surface area contributed by atoms with Gasteiger partial charge in [0.1, 0.15) is 18.8 Å². The number of carboxylic acid groups (broad SMARTS) is 1. The summed E-state index contributed by atoms with van der Waals surface area (Å²) in [5, 5.41) is 14.4. The predicted molar refractivity (Wildman–Crippen MR) is 197 cm³/mol. The SMILES string of the molecule is CC(C)Oc1ccc2c(c1)C(C)(C)/C(=C/C=C/C=C/C1=[N+](CCC(=O)O)c3c(c4ccccc4c4ccccc34)C1(C)C)N2CCOC=O. The first kappa shape index (κ1) is 33.7. The fraction of sp³-hybridized carbons (Fsp3) is 0.310. The van der Waals surface area contributed by atoms with Crippen molar-refractivity contribution in [3.05, 3.63) is 114 Å². The van der Waals surface area contributed by atoms with Crippen molar-refractivity contribution in [2.45, 2.75) is 64.9 Å². The van der Waals surface area contributed by atoms with Crippen molar-refractivity contribution in [1.82, 2.24) is 0 Å². The van der Waals surface area contributed by atoms with Gasteiger partial charge in [0.25, 0.3) is 6.47 Å². The minimum absolute atomic E-state index is 0.0270. The molecule has 0 atom stereocenters. The van der Waals surface area contributed by atoms with Gasteiger partial charge in [-0.15, -0.1) is 0 Å². The molecule has 0 unspecified atom stereocenters. The van der Waals surface area contributed by atoms with E-state index in [4.69, 9.17) is 9.47 Å². The van der Waals surface area contributed by atoms with E-state index in [1.54, 1.807) is 0 Å². The number of fused-ring (bicyclic) bond motifs is 7. The number of carboxylic acids is 1. The minimum Gasteiger partial charge on any atom is -0.491 e. The van der Waals surface area contributed by atoms with E-state index in [9.17, 15) is 14.7 Å². The number of hydrogen-bond donors (Lipinski definition) is 1. The third kappa shape index (κ3) is 6.14. The highest BCUT2D eigenvalue weighted by molar-refractivity contribution is 6.18. The monoisotopic (exact) mass is 657 g/mol. The Morgan fingerprint density at radius 3 is 2.24 bits per heavy atom. The molecule has 2 aliphatic rings. The van der Waals surface area contributed by atoms with Crippen molar-refractivity contribution >= 4 is 51.1 Å². The standard InChI is InChI=1S/C42H44N2O5/c1-28(2)49-29-20-21-35-34(26-29)41(3,4)36(43(35)24-25-48-27-45)18-8-7-9-19-37-42(5,6)39-32-16-12-10-14-30(32)31-15-11-13-17-33(31)40(39)44(37)23-22-38(46)47/h7-21,26-28H,22-25H2,1-6H3/p+1. The van der Waals surface area contributed by atoms with Gasteiger partial charge in [0.2, 0.25) is 5.69 Å². The number of hydrogen-bond acceptors (Lipinski definition) is 5. The van der Waals surface area contributed by atoms with Crippen molar-refractivity contribution in [3.8, 4) is 5.75 Å². The fourth-order valence-electron chi connectivity index (χ4n) is 7.65. The van der Waals surface area contributed by atoms with Crippen LogP contribution in [-0.2, 0) is 25.2 Å². The molecule has 49 heavy (non-hydrogen) atoms. The van der Waals surface area contributed by atoms with Crippen LogP contribution in [0.5, 0.6) is 5.75 Å². The molecule has 0 fully saturated rings. The fourth-order valence-corrected chi connectivity index (χ4v) is 7.65. The molecule has 252 valence electrons. The van der Waals surface area contributed by atoms with Crippen molar-refractivity contribution in [2.75, 3.05) is 24.6 Å². The normalized spacial score (nSPS) is 17.2. The highest BCUT2D eigenvalue weighted by atomic mass is 16.5. The van der Waals surface area contributed by atoms with Gasteiger partial charge in [-0.25, -0.2) is 0 Å². The average molecular weight is 658 g/mol. The molecular weight excluding hydrogens is 612 g/mol. The minimum atomic E-state index is -0.822. The number of allylic oxidation sites excluding steroid dienone is 6. The number of anilines is 1. The van der Waals surface area contributed by atoms with Crippen molar-refractivity contribution < 1.29 is 28.7 Å². The summed E-state index contributed by atoms with van der Waals surface area (Å²) in [6, 6.07) is 23.1. The lowest BCUT2D eigenvalue weighted by atomic mass is 9.78. The van der Waals surface area contributed by atoms with Gasteiger partial charge in [-0.05, 0) is 79.8 Å². The van der Waals surface area contributed by atoms with Gasteiger partial charge in [0, 0.05) is 28.4 Å². The second-order valence-electron chi connectivity index (χ2n) is 14.0. The molecule has 2 aliphatic heterocycles. The van der Waals surface area contributed by atoms with Crippen molar-refractivity contribution in [1.29, 1.82) is 0 Å². The largest absolute Gasteiger partial charge is 0.491 e. The maximum atomic E-state index is 11.8. The van der Waals surface area contributed by atoms with Crippen LogP contribution in [0.15, 0.2) is 103 Å². The zero-order valence-electron chi connectivity index (χ0n) is 29.2. The quantitative estimate of drug-likeness (QED) is 0.0541. The van der Waals surface area contributed by atoms with Crippen LogP contribution in [0.2, 0.25) is 0 Å². The summed E-state index contributed by atoms with van der Waals surface area (Å²) in [5.74, 6) is 0.00760. The van der Waals surface area contributed by atoms with Crippen LogP contribution in [0.3, 0.4) is 0 Å². The van der Waals surface area contributed by atoms with Crippen LogP contribution in [0.4, 0.5) is 11.4 Å². The van der Waals surface area contributed by atoms with Gasteiger partial charge >= 0.3 is 5.97 Å². The second-order valence-corrected chi connectivity index (χ2v) is 14.0. The molecule has 0 spiro atoms. The molecule has 4 aromatic carbocycles. The maximum absolute atomic E-state index is 11.8. The molecule has 0 saturated heterocycles. The van der Waals surface area contributed by atoms with Crippen molar-refractivity contribution in [2.24, 2.45) is 0 Å². The molecule has 0 radical (unpaired) electrons. The molecule has 0 saturated carbocycles. The summed E-state index contributed by atoms with van der Waals surface area (Å²) in [7, 11) is 0. The van der Waals surface area contributed by atoms with E-state index < -0.39 is 5.97 Å².